The fourth-order valence-electron chi connectivity index (χ4n) is 8.11. The first-order valence-corrected chi connectivity index (χ1v) is 19.6. The first kappa shape index (κ1) is 40.1. The number of aromatic amines is 2. The van der Waals surface area contributed by atoms with Gasteiger partial charge in [0.25, 0.3) is 0 Å². The molecule has 4 N–H and O–H groups in total. The minimum Gasteiger partial charge on any atom is -0.453 e. The number of H-pyrrole nitrogens is 2. The van der Waals surface area contributed by atoms with Gasteiger partial charge in [-0.1, -0.05) is 39.8 Å². The number of carbonyl (C=O) groups excluding carboxylic acids is 4. The van der Waals surface area contributed by atoms with Crippen LogP contribution in [0.5, 0.6) is 0 Å². The number of methoxy groups -OCH3 is 2. The molecule has 2 saturated heterocycles. The zero-order valence-electron chi connectivity index (χ0n) is 33.3. The van der Waals surface area contributed by atoms with Crippen molar-refractivity contribution in [1.29, 1.82) is 0 Å². The van der Waals surface area contributed by atoms with E-state index in [9.17, 15) is 19.2 Å². The first-order valence-electron chi connectivity index (χ1n) is 19.6. The molecular weight excluding hydrogens is 751 g/mol. The number of amides is 4. The fourth-order valence-corrected chi connectivity index (χ4v) is 8.11. The van der Waals surface area contributed by atoms with Crippen molar-refractivity contribution in [2.45, 2.75) is 77.5 Å². The Labute approximate surface area is 334 Å². The Morgan fingerprint density at radius 3 is 1.53 bits per heavy atom. The Morgan fingerprint density at radius 1 is 0.672 bits per heavy atom. The van der Waals surface area contributed by atoms with E-state index in [0.717, 1.165) is 12.8 Å². The van der Waals surface area contributed by atoms with Gasteiger partial charge in [-0.2, -0.15) is 0 Å². The molecule has 4 heterocycles. The van der Waals surface area contributed by atoms with Crippen LogP contribution in [-0.2, 0) is 19.1 Å². The fraction of sp³-hybridized carbons (Fsp3) is 0.429. The summed E-state index contributed by atoms with van der Waals surface area (Å²) >= 11 is 0. The summed E-state index contributed by atoms with van der Waals surface area (Å²) in [7, 11) is 2.50. The Morgan fingerprint density at radius 2 is 1.10 bits per heavy atom. The predicted octanol–water partition coefficient (Wildman–Crippen LogP) is 7.14. The number of aromatic nitrogens is 4. The van der Waals surface area contributed by atoms with Crippen molar-refractivity contribution in [2.75, 3.05) is 27.3 Å². The van der Waals surface area contributed by atoms with Gasteiger partial charge in [-0.3, -0.25) is 9.59 Å². The van der Waals surface area contributed by atoms with E-state index in [1.54, 1.807) is 46.2 Å². The van der Waals surface area contributed by atoms with E-state index in [1.165, 1.54) is 26.4 Å². The van der Waals surface area contributed by atoms with Crippen LogP contribution in [0.2, 0.25) is 0 Å². The van der Waals surface area contributed by atoms with Crippen molar-refractivity contribution < 1.29 is 37.4 Å². The highest BCUT2D eigenvalue weighted by atomic mass is 19.1. The van der Waals surface area contributed by atoms with E-state index in [2.05, 4.69) is 20.6 Å². The van der Waals surface area contributed by atoms with E-state index < -0.39 is 35.9 Å². The topological polar surface area (TPSA) is 175 Å². The monoisotopic (exact) mass is 798 g/mol. The van der Waals surface area contributed by atoms with Crippen LogP contribution in [0.25, 0.3) is 44.3 Å². The van der Waals surface area contributed by atoms with Crippen LogP contribution in [-0.4, -0.2) is 93.1 Å². The summed E-state index contributed by atoms with van der Waals surface area (Å²) in [5.74, 6) is -1.16. The van der Waals surface area contributed by atoms with Crippen LogP contribution in [0.15, 0.2) is 48.5 Å². The van der Waals surface area contributed by atoms with E-state index in [1.807, 2.05) is 27.7 Å². The van der Waals surface area contributed by atoms with Crippen LogP contribution in [0.1, 0.15) is 77.1 Å². The molecule has 4 amide bonds. The zero-order valence-corrected chi connectivity index (χ0v) is 33.3. The van der Waals surface area contributed by atoms with Gasteiger partial charge in [0.2, 0.25) is 11.8 Å². The highest BCUT2D eigenvalue weighted by molar-refractivity contribution is 5.88. The van der Waals surface area contributed by atoms with Crippen molar-refractivity contribution in [2.24, 2.45) is 11.8 Å². The average molecular weight is 799 g/mol. The summed E-state index contributed by atoms with van der Waals surface area (Å²) < 4.78 is 41.4. The molecule has 0 spiro atoms. The quantitative estimate of drug-likeness (QED) is 0.115. The Balaban J connectivity index is 1.11. The summed E-state index contributed by atoms with van der Waals surface area (Å²) in [6.45, 7) is 8.40. The van der Waals surface area contributed by atoms with Crippen molar-refractivity contribution in [3.8, 4) is 22.3 Å². The molecule has 4 atom stereocenters. The van der Waals surface area contributed by atoms with E-state index >= 15 is 8.78 Å². The third-order valence-electron chi connectivity index (χ3n) is 11.2. The van der Waals surface area contributed by atoms with Crippen LogP contribution < -0.4 is 10.6 Å². The summed E-state index contributed by atoms with van der Waals surface area (Å²) in [6.07, 6.45) is 1.48. The second-order valence-corrected chi connectivity index (χ2v) is 15.6. The highest BCUT2D eigenvalue weighted by Gasteiger charge is 2.39. The van der Waals surface area contributed by atoms with Gasteiger partial charge in [0, 0.05) is 13.1 Å². The summed E-state index contributed by atoms with van der Waals surface area (Å²) in [6, 6.07) is 10.6. The van der Waals surface area contributed by atoms with Gasteiger partial charge in [-0.25, -0.2) is 28.3 Å². The van der Waals surface area contributed by atoms with E-state index in [4.69, 9.17) is 19.4 Å². The van der Waals surface area contributed by atoms with Crippen LogP contribution in [0, 0.1) is 23.5 Å². The van der Waals surface area contributed by atoms with Gasteiger partial charge in [0.1, 0.15) is 35.4 Å². The van der Waals surface area contributed by atoms with Gasteiger partial charge in [0.15, 0.2) is 0 Å². The van der Waals surface area contributed by atoms with Gasteiger partial charge in [-0.05, 0) is 90.6 Å². The molecule has 2 aliphatic rings. The molecule has 0 radical (unpaired) electrons. The highest BCUT2D eigenvalue weighted by Crippen LogP contribution is 2.37. The molecule has 58 heavy (non-hydrogen) atoms. The zero-order chi connectivity index (χ0) is 41.4. The van der Waals surface area contributed by atoms with Crippen LogP contribution >= 0.6 is 0 Å². The number of benzene rings is 3. The summed E-state index contributed by atoms with van der Waals surface area (Å²) in [5.41, 5.74) is 3.46. The SMILES string of the molecule is COC(=O)N[C@H](C(=O)N1CCC[C@H]1c1nc2ccc(-c3cc(F)c(-c4ccc5nc([C@@H]6CCCN6C(=O)[C@@H](NC(=O)OC)C(C)C)[nH]c5c4)c(F)c3)cc2[nH]1)C(C)C. The number of halogens is 2. The van der Waals surface area contributed by atoms with E-state index in [0.29, 0.717) is 76.3 Å². The van der Waals surface area contributed by atoms with Gasteiger partial charge in [0.05, 0.1) is 53.9 Å². The van der Waals surface area contributed by atoms with Crippen molar-refractivity contribution in [3.63, 3.8) is 0 Å². The maximum Gasteiger partial charge on any atom is 0.407 e. The third kappa shape index (κ3) is 7.79. The van der Waals surface area contributed by atoms with Crippen molar-refractivity contribution >= 4 is 46.1 Å². The second kappa shape index (κ2) is 16.4. The molecule has 16 heteroatoms. The molecule has 0 unspecified atom stereocenters. The number of hydrogen-bond acceptors (Lipinski definition) is 8. The largest absolute Gasteiger partial charge is 0.453 e. The van der Waals surface area contributed by atoms with Gasteiger partial charge < -0.3 is 39.9 Å². The molecular formula is C42H48F2N8O6. The molecule has 5 aromatic rings. The predicted molar refractivity (Wildman–Crippen MR) is 212 cm³/mol. The lowest BCUT2D eigenvalue weighted by Gasteiger charge is -2.29. The molecule has 0 saturated carbocycles. The minimum atomic E-state index is -0.779. The van der Waals surface area contributed by atoms with Crippen molar-refractivity contribution in [1.82, 2.24) is 40.4 Å². The minimum absolute atomic E-state index is 0.172. The molecule has 7 rings (SSSR count). The first-order chi connectivity index (χ1) is 27.8. The standard InChI is InChI=1S/C42H48F2N8O6/c1-21(2)35(49-41(55)57-5)39(53)51-15-7-9-32(51)37-45-28-13-11-23(19-30(28)47-37)25-17-26(43)34(27(44)18-25)24-12-14-29-31(20-24)48-38(46-29)33-10-8-16-52(33)40(54)36(22(3)4)50-42(56)58-6/h11-14,17-22,32-33,35-36H,7-10,15-16H2,1-6H3,(H,45,47)(H,46,48)(H,49,55)(H,50,56)/t32-,33-,35-,36-/m0/s1. The summed E-state index contributed by atoms with van der Waals surface area (Å²) in [5, 5.41) is 5.30. The number of ether oxygens (including phenoxy) is 2. The average Bonchev–Trinajstić information content (AvgIpc) is 4.02. The molecule has 2 aromatic heterocycles. The number of rotatable bonds is 10. The lowest BCUT2D eigenvalue weighted by atomic mass is 9.98. The number of alkyl carbamates (subject to hydrolysis) is 2. The molecule has 3 aromatic carbocycles. The smallest absolute Gasteiger partial charge is 0.407 e. The number of carbonyl (C=O) groups is 4. The number of nitrogens with zero attached hydrogens (tertiary/aromatic N) is 4. The molecule has 14 nitrogen and oxygen atoms in total. The van der Waals surface area contributed by atoms with Gasteiger partial charge >= 0.3 is 12.2 Å². The number of likely N-dealkylation sites (tertiary alicyclic amines) is 2. The maximum absolute atomic E-state index is 16.0. The molecule has 2 aliphatic heterocycles. The number of imidazole rings is 2. The van der Waals surface area contributed by atoms with Crippen LogP contribution in [0.4, 0.5) is 18.4 Å². The molecule has 2 fully saturated rings. The molecule has 306 valence electrons. The third-order valence-corrected chi connectivity index (χ3v) is 11.2. The maximum atomic E-state index is 16.0. The normalized spacial score (nSPS) is 18.0. The van der Waals surface area contributed by atoms with E-state index in [-0.39, 0.29) is 41.3 Å². The number of fused-ring (bicyclic) bond motifs is 2. The lowest BCUT2D eigenvalue weighted by Crippen LogP contribution is -2.51. The Bertz CT molecular complexity index is 2350. The summed E-state index contributed by atoms with van der Waals surface area (Å²) in [4.78, 5) is 70.7. The Kier molecular flexibility index (Phi) is 11.4. The molecule has 0 bridgehead atoms. The second-order valence-electron chi connectivity index (χ2n) is 15.6. The van der Waals surface area contributed by atoms with Crippen molar-refractivity contribution in [3.05, 3.63) is 71.8 Å². The lowest BCUT2D eigenvalue weighted by molar-refractivity contribution is -0.136. The number of nitrogens with one attached hydrogen (secondary N) is 4. The Hall–Kier alpha value is -6.06. The molecule has 0 aliphatic carbocycles. The van der Waals surface area contributed by atoms with Gasteiger partial charge in [-0.15, -0.1) is 0 Å². The number of hydrogen-bond donors (Lipinski definition) is 4. The van der Waals surface area contributed by atoms with Crippen LogP contribution in [0.3, 0.4) is 0 Å².